The van der Waals surface area contributed by atoms with Crippen molar-refractivity contribution in [3.63, 3.8) is 0 Å². The molecule has 1 aliphatic rings. The number of anilines is 2. The molecule has 7 rings (SSSR count). The second-order valence-electron chi connectivity index (χ2n) is 9.90. The largest absolute Gasteiger partial charge is 0.333 e. The van der Waals surface area contributed by atoms with E-state index < -0.39 is 0 Å². The molecule has 5 aromatic carbocycles. The van der Waals surface area contributed by atoms with E-state index in [0.717, 1.165) is 10.9 Å². The summed E-state index contributed by atoms with van der Waals surface area (Å²) in [6.07, 6.45) is 7.94. The normalized spacial score (nSPS) is 15.0. The maximum atomic E-state index is 3.79. The first kappa shape index (κ1) is 23.8. The lowest BCUT2D eigenvalue weighted by Crippen LogP contribution is -2.30. The monoisotopic (exact) mass is 566 g/mol. The van der Waals surface area contributed by atoms with Gasteiger partial charge in [0.25, 0.3) is 0 Å². The molecule has 0 amide bonds. The van der Waals surface area contributed by atoms with Crippen molar-refractivity contribution >= 4 is 54.7 Å². The zero-order valence-corrected chi connectivity index (χ0v) is 23.0. The van der Waals surface area contributed by atoms with Gasteiger partial charge in [-0.3, -0.25) is 0 Å². The van der Waals surface area contributed by atoms with Gasteiger partial charge in [-0.05, 0) is 88.1 Å². The number of hydrogen-bond donors (Lipinski definition) is 0. The summed E-state index contributed by atoms with van der Waals surface area (Å²) in [5.41, 5.74) is 8.52. The Morgan fingerprint density at radius 1 is 0.667 bits per heavy atom. The van der Waals surface area contributed by atoms with Crippen molar-refractivity contribution in [2.24, 2.45) is 0 Å². The number of fused-ring (bicyclic) bond motifs is 3. The number of nitrogens with zero attached hydrogens (tertiary/aromatic N) is 2. The molecule has 1 heterocycles. The first-order valence-corrected chi connectivity index (χ1v) is 14.1. The van der Waals surface area contributed by atoms with E-state index >= 15 is 0 Å². The number of halogens is 1. The molecule has 0 spiro atoms. The van der Waals surface area contributed by atoms with Gasteiger partial charge in [-0.15, -0.1) is 0 Å². The van der Waals surface area contributed by atoms with Crippen molar-refractivity contribution in [1.29, 1.82) is 0 Å². The minimum Gasteiger partial charge on any atom is -0.333 e. The number of benzene rings is 5. The van der Waals surface area contributed by atoms with E-state index in [-0.39, 0.29) is 6.04 Å². The molecule has 1 aromatic heterocycles. The molecular weight excluding hydrogens is 540 g/mol. The first-order valence-electron chi connectivity index (χ1n) is 13.3. The molecule has 39 heavy (non-hydrogen) atoms. The Kier molecular flexibility index (Phi) is 6.14. The minimum atomic E-state index is 0.221. The van der Waals surface area contributed by atoms with Crippen LogP contribution in [0.15, 0.2) is 150 Å². The maximum absolute atomic E-state index is 3.79. The van der Waals surface area contributed by atoms with Crippen LogP contribution in [0.5, 0.6) is 0 Å². The third-order valence-electron chi connectivity index (χ3n) is 7.58. The van der Waals surface area contributed by atoms with Crippen LogP contribution in [0, 0.1) is 0 Å². The van der Waals surface area contributed by atoms with Gasteiger partial charge in [-0.2, -0.15) is 0 Å². The van der Waals surface area contributed by atoms with Crippen LogP contribution in [-0.2, 0) is 0 Å². The Balaban J connectivity index is 1.26. The van der Waals surface area contributed by atoms with Crippen molar-refractivity contribution in [3.8, 4) is 5.69 Å². The molecular formula is C36H27BrN2. The van der Waals surface area contributed by atoms with Crippen LogP contribution < -0.4 is 4.90 Å². The Bertz CT molecular complexity index is 1850. The van der Waals surface area contributed by atoms with Crippen molar-refractivity contribution in [2.45, 2.75) is 12.5 Å². The lowest BCUT2D eigenvalue weighted by Gasteiger charge is -2.34. The second-order valence-corrected chi connectivity index (χ2v) is 10.8. The van der Waals surface area contributed by atoms with Gasteiger partial charge in [0.15, 0.2) is 0 Å². The van der Waals surface area contributed by atoms with Gasteiger partial charge in [-0.1, -0.05) is 91.0 Å². The van der Waals surface area contributed by atoms with Crippen LogP contribution >= 0.6 is 15.9 Å². The van der Waals surface area contributed by atoms with E-state index in [1.54, 1.807) is 0 Å². The SMILES string of the molecule is Brc1ccccc1N(c1ccccc1)C1C=CC(c2ccc3c(c2)c2ccccc2n3-c2ccccc2)=CC1. The smallest absolute Gasteiger partial charge is 0.0560 e. The molecule has 2 nitrogen and oxygen atoms in total. The molecule has 0 saturated carbocycles. The molecule has 0 saturated heterocycles. The molecule has 0 fully saturated rings. The van der Waals surface area contributed by atoms with E-state index in [9.17, 15) is 0 Å². The van der Waals surface area contributed by atoms with Gasteiger partial charge < -0.3 is 9.47 Å². The Morgan fingerprint density at radius 3 is 2.13 bits per heavy atom. The van der Waals surface area contributed by atoms with Crippen molar-refractivity contribution in [1.82, 2.24) is 4.57 Å². The molecule has 6 aromatic rings. The van der Waals surface area contributed by atoms with Gasteiger partial charge in [0, 0.05) is 26.6 Å². The van der Waals surface area contributed by atoms with E-state index in [0.29, 0.717) is 0 Å². The Morgan fingerprint density at radius 2 is 1.36 bits per heavy atom. The predicted octanol–water partition coefficient (Wildman–Crippen LogP) is 10.1. The van der Waals surface area contributed by atoms with Gasteiger partial charge in [0.05, 0.1) is 22.8 Å². The summed E-state index contributed by atoms with van der Waals surface area (Å²) < 4.78 is 3.46. The Hall–Kier alpha value is -4.34. The molecule has 188 valence electrons. The number of aromatic nitrogens is 1. The third kappa shape index (κ3) is 4.29. The van der Waals surface area contributed by atoms with Gasteiger partial charge in [0.1, 0.15) is 0 Å². The second kappa shape index (κ2) is 10.1. The molecule has 1 unspecified atom stereocenters. The summed E-state index contributed by atoms with van der Waals surface area (Å²) in [6, 6.07) is 45.6. The highest BCUT2D eigenvalue weighted by Crippen LogP contribution is 2.38. The molecule has 0 bridgehead atoms. The van der Waals surface area contributed by atoms with Crippen LogP contribution in [0.3, 0.4) is 0 Å². The summed E-state index contributed by atoms with van der Waals surface area (Å²) in [5, 5.41) is 2.56. The van der Waals surface area contributed by atoms with Crippen molar-refractivity contribution < 1.29 is 0 Å². The summed E-state index contributed by atoms with van der Waals surface area (Å²) in [5.74, 6) is 0. The first-order chi connectivity index (χ1) is 19.3. The number of rotatable bonds is 5. The quantitative estimate of drug-likeness (QED) is 0.201. The van der Waals surface area contributed by atoms with E-state index in [1.165, 1.54) is 50.0 Å². The Labute approximate surface area is 237 Å². The number of para-hydroxylation sites is 4. The van der Waals surface area contributed by atoms with Crippen molar-refractivity contribution in [2.75, 3.05) is 4.90 Å². The van der Waals surface area contributed by atoms with Crippen LogP contribution in [0.2, 0.25) is 0 Å². The van der Waals surface area contributed by atoms with E-state index in [1.807, 2.05) is 0 Å². The maximum Gasteiger partial charge on any atom is 0.0560 e. The highest BCUT2D eigenvalue weighted by molar-refractivity contribution is 9.10. The number of allylic oxidation sites excluding steroid dienone is 2. The zero-order chi connectivity index (χ0) is 26.2. The average molecular weight is 568 g/mol. The highest BCUT2D eigenvalue weighted by Gasteiger charge is 2.22. The average Bonchev–Trinajstić information content (AvgIpc) is 3.33. The third-order valence-corrected chi connectivity index (χ3v) is 8.25. The van der Waals surface area contributed by atoms with Crippen molar-refractivity contribution in [3.05, 3.63) is 156 Å². The lowest BCUT2D eigenvalue weighted by molar-refractivity contribution is 0.786. The molecule has 1 atom stereocenters. The fourth-order valence-electron chi connectivity index (χ4n) is 5.77. The summed E-state index contributed by atoms with van der Waals surface area (Å²) in [7, 11) is 0. The summed E-state index contributed by atoms with van der Waals surface area (Å²) in [6.45, 7) is 0. The topological polar surface area (TPSA) is 8.17 Å². The standard InChI is InChI=1S/C36H27BrN2/c37-33-16-8-10-18-36(33)38(28-11-3-1-4-12-28)30-22-19-26(20-23-30)27-21-24-35-32(25-27)31-15-7-9-17-34(31)39(35)29-13-5-2-6-14-29/h1-22,24-25,30H,23H2. The van der Waals surface area contributed by atoms with Crippen LogP contribution in [-0.4, -0.2) is 10.6 Å². The highest BCUT2D eigenvalue weighted by atomic mass is 79.9. The molecule has 1 aliphatic carbocycles. The summed E-state index contributed by atoms with van der Waals surface area (Å²) in [4.78, 5) is 2.42. The fourth-order valence-corrected chi connectivity index (χ4v) is 6.24. The minimum absolute atomic E-state index is 0.221. The van der Waals surface area contributed by atoms with E-state index in [4.69, 9.17) is 0 Å². The van der Waals surface area contributed by atoms with Gasteiger partial charge >= 0.3 is 0 Å². The predicted molar refractivity (Wildman–Crippen MR) is 169 cm³/mol. The number of hydrogen-bond acceptors (Lipinski definition) is 1. The van der Waals surface area contributed by atoms with Gasteiger partial charge in [0.2, 0.25) is 0 Å². The van der Waals surface area contributed by atoms with Gasteiger partial charge in [-0.25, -0.2) is 0 Å². The molecule has 3 heteroatoms. The lowest BCUT2D eigenvalue weighted by atomic mass is 9.94. The molecule has 0 N–H and O–H groups in total. The van der Waals surface area contributed by atoms with Crippen LogP contribution in [0.4, 0.5) is 11.4 Å². The van der Waals surface area contributed by atoms with Crippen LogP contribution in [0.1, 0.15) is 12.0 Å². The summed E-state index contributed by atoms with van der Waals surface area (Å²) >= 11 is 3.79. The zero-order valence-electron chi connectivity index (χ0n) is 21.4. The van der Waals surface area contributed by atoms with E-state index in [2.05, 4.69) is 171 Å². The van der Waals surface area contributed by atoms with Crippen LogP contribution in [0.25, 0.3) is 33.1 Å². The molecule has 0 aliphatic heterocycles. The fraction of sp³-hybridized carbons (Fsp3) is 0.0556. The molecule has 0 radical (unpaired) electrons.